The molecule has 0 aliphatic carbocycles. The second-order valence-corrected chi connectivity index (χ2v) is 4.57. The third kappa shape index (κ3) is 5.25. The third-order valence-electron chi connectivity index (χ3n) is 2.82. The van der Waals surface area contributed by atoms with E-state index in [4.69, 9.17) is 0 Å². The number of aromatic nitrogens is 1. The lowest BCUT2D eigenvalue weighted by atomic mass is 10.1. The minimum Gasteiger partial charge on any atom is -0.348 e. The van der Waals surface area contributed by atoms with Gasteiger partial charge in [0.2, 0.25) is 5.95 Å². The third-order valence-corrected chi connectivity index (χ3v) is 2.82. The van der Waals surface area contributed by atoms with Gasteiger partial charge in [0.25, 0.3) is 5.91 Å². The first-order chi connectivity index (χ1) is 8.63. The number of amides is 1. The van der Waals surface area contributed by atoms with E-state index in [2.05, 4.69) is 17.2 Å². The van der Waals surface area contributed by atoms with Gasteiger partial charge in [0.15, 0.2) is 0 Å². The summed E-state index contributed by atoms with van der Waals surface area (Å²) in [4.78, 5) is 15.3. The first-order valence-electron chi connectivity index (χ1n) is 6.57. The molecule has 1 rings (SSSR count). The van der Waals surface area contributed by atoms with Crippen molar-refractivity contribution < 1.29 is 9.18 Å². The summed E-state index contributed by atoms with van der Waals surface area (Å²) in [5, 5.41) is 2.83. The van der Waals surface area contributed by atoms with E-state index in [9.17, 15) is 9.18 Å². The highest BCUT2D eigenvalue weighted by Gasteiger charge is 2.11. The molecule has 1 aromatic rings. The van der Waals surface area contributed by atoms with Crippen LogP contribution in [0.3, 0.4) is 0 Å². The smallest absolute Gasteiger partial charge is 0.270 e. The Bertz CT molecular complexity index is 382. The topological polar surface area (TPSA) is 42.0 Å². The van der Waals surface area contributed by atoms with Gasteiger partial charge in [-0.25, -0.2) is 4.98 Å². The molecule has 1 unspecified atom stereocenters. The summed E-state index contributed by atoms with van der Waals surface area (Å²) in [6.07, 6.45) is 5.67. The molecule has 1 atom stereocenters. The highest BCUT2D eigenvalue weighted by Crippen LogP contribution is 2.06. The molecule has 18 heavy (non-hydrogen) atoms. The first kappa shape index (κ1) is 14.6. The molecule has 1 N–H and O–H groups in total. The number of rotatable bonds is 7. The minimum absolute atomic E-state index is 0.0967. The van der Waals surface area contributed by atoms with Gasteiger partial charge in [-0.15, -0.1) is 0 Å². The molecule has 1 heterocycles. The number of hydrogen-bond donors (Lipinski definition) is 1. The molecule has 100 valence electrons. The van der Waals surface area contributed by atoms with Crippen LogP contribution < -0.4 is 5.32 Å². The lowest BCUT2D eigenvalue weighted by Gasteiger charge is -2.13. The van der Waals surface area contributed by atoms with E-state index in [1.54, 1.807) is 0 Å². The summed E-state index contributed by atoms with van der Waals surface area (Å²) in [5.41, 5.74) is 0.135. The van der Waals surface area contributed by atoms with Crippen LogP contribution in [0.2, 0.25) is 0 Å². The van der Waals surface area contributed by atoms with Gasteiger partial charge in [-0.1, -0.05) is 38.7 Å². The maximum Gasteiger partial charge on any atom is 0.270 e. The summed E-state index contributed by atoms with van der Waals surface area (Å²) in [7, 11) is 0. The summed E-state index contributed by atoms with van der Waals surface area (Å²) in [5.74, 6) is -0.934. The SMILES string of the molecule is CCCCCCC(C)NC(=O)c1cccc(F)n1. The molecule has 1 aromatic heterocycles. The summed E-state index contributed by atoms with van der Waals surface area (Å²) >= 11 is 0. The Balaban J connectivity index is 2.35. The van der Waals surface area contributed by atoms with Crippen molar-refractivity contribution in [3.63, 3.8) is 0 Å². The Hall–Kier alpha value is -1.45. The lowest BCUT2D eigenvalue weighted by molar-refractivity contribution is 0.0931. The van der Waals surface area contributed by atoms with Crippen molar-refractivity contribution in [2.24, 2.45) is 0 Å². The number of hydrogen-bond acceptors (Lipinski definition) is 2. The molecule has 4 heteroatoms. The number of carbonyl (C=O) groups excluding carboxylic acids is 1. The fraction of sp³-hybridized carbons (Fsp3) is 0.571. The zero-order valence-corrected chi connectivity index (χ0v) is 11.1. The van der Waals surface area contributed by atoms with Crippen molar-refractivity contribution in [2.45, 2.75) is 52.0 Å². The van der Waals surface area contributed by atoms with Crippen LogP contribution in [0.5, 0.6) is 0 Å². The van der Waals surface area contributed by atoms with Gasteiger partial charge in [0.1, 0.15) is 5.69 Å². The van der Waals surface area contributed by atoms with Gasteiger partial charge < -0.3 is 5.32 Å². The average Bonchev–Trinajstić information content (AvgIpc) is 2.34. The van der Waals surface area contributed by atoms with Crippen molar-refractivity contribution in [1.29, 1.82) is 0 Å². The van der Waals surface area contributed by atoms with E-state index >= 15 is 0 Å². The normalized spacial score (nSPS) is 12.2. The van der Waals surface area contributed by atoms with Crippen molar-refractivity contribution in [1.82, 2.24) is 10.3 Å². The van der Waals surface area contributed by atoms with E-state index in [0.717, 1.165) is 12.8 Å². The van der Waals surface area contributed by atoms with Gasteiger partial charge in [-0.3, -0.25) is 4.79 Å². The molecule has 0 aromatic carbocycles. The lowest BCUT2D eigenvalue weighted by Crippen LogP contribution is -2.33. The Labute approximate surface area is 108 Å². The van der Waals surface area contributed by atoms with E-state index in [1.165, 1.54) is 37.5 Å². The van der Waals surface area contributed by atoms with Crippen molar-refractivity contribution in [2.75, 3.05) is 0 Å². The Morgan fingerprint density at radius 1 is 1.39 bits per heavy atom. The molecule has 0 spiro atoms. The molecule has 0 radical (unpaired) electrons. The molecule has 0 aliphatic rings. The molecule has 1 amide bonds. The largest absolute Gasteiger partial charge is 0.348 e. The highest BCUT2D eigenvalue weighted by molar-refractivity contribution is 5.92. The molecule has 0 aliphatic heterocycles. The van der Waals surface area contributed by atoms with E-state index in [0.29, 0.717) is 0 Å². The van der Waals surface area contributed by atoms with Gasteiger partial charge >= 0.3 is 0 Å². The van der Waals surface area contributed by atoms with E-state index in [-0.39, 0.29) is 17.6 Å². The minimum atomic E-state index is -0.627. The van der Waals surface area contributed by atoms with Crippen molar-refractivity contribution in [3.05, 3.63) is 29.8 Å². The zero-order valence-electron chi connectivity index (χ0n) is 11.1. The van der Waals surface area contributed by atoms with Crippen LogP contribution in [0.15, 0.2) is 18.2 Å². The fourth-order valence-corrected chi connectivity index (χ4v) is 1.78. The van der Waals surface area contributed by atoms with Gasteiger partial charge in [0.05, 0.1) is 0 Å². The van der Waals surface area contributed by atoms with Crippen molar-refractivity contribution >= 4 is 5.91 Å². The number of halogens is 1. The quantitative estimate of drug-likeness (QED) is 0.597. The predicted molar refractivity (Wildman–Crippen MR) is 69.9 cm³/mol. The van der Waals surface area contributed by atoms with E-state index in [1.807, 2.05) is 6.92 Å². The predicted octanol–water partition coefficient (Wildman–Crippen LogP) is 3.31. The van der Waals surface area contributed by atoms with Crippen molar-refractivity contribution in [3.8, 4) is 0 Å². The van der Waals surface area contributed by atoms with Gasteiger partial charge in [-0.05, 0) is 25.5 Å². The number of pyridine rings is 1. The summed E-state index contributed by atoms with van der Waals surface area (Å²) in [6.45, 7) is 4.13. The molecule has 0 fully saturated rings. The van der Waals surface area contributed by atoms with Crippen LogP contribution in [0, 0.1) is 5.95 Å². The highest BCUT2D eigenvalue weighted by atomic mass is 19.1. The summed E-state index contributed by atoms with van der Waals surface area (Å²) in [6, 6.07) is 4.33. The maximum absolute atomic E-state index is 12.9. The maximum atomic E-state index is 12.9. The second kappa shape index (κ2) is 7.80. The number of unbranched alkanes of at least 4 members (excludes halogenated alkanes) is 3. The fourth-order valence-electron chi connectivity index (χ4n) is 1.78. The van der Waals surface area contributed by atoms with Gasteiger partial charge in [0, 0.05) is 6.04 Å². The Morgan fingerprint density at radius 2 is 2.17 bits per heavy atom. The Morgan fingerprint density at radius 3 is 2.83 bits per heavy atom. The number of nitrogens with zero attached hydrogens (tertiary/aromatic N) is 1. The molecule has 0 saturated heterocycles. The molecule has 0 saturated carbocycles. The average molecular weight is 252 g/mol. The zero-order chi connectivity index (χ0) is 13.4. The molecular weight excluding hydrogens is 231 g/mol. The van der Waals surface area contributed by atoms with Crippen LogP contribution in [0.25, 0.3) is 0 Å². The van der Waals surface area contributed by atoms with Crippen LogP contribution in [0.1, 0.15) is 56.4 Å². The van der Waals surface area contributed by atoms with Crippen LogP contribution in [-0.2, 0) is 0 Å². The van der Waals surface area contributed by atoms with Crippen LogP contribution in [0.4, 0.5) is 4.39 Å². The second-order valence-electron chi connectivity index (χ2n) is 4.57. The van der Waals surface area contributed by atoms with Crippen LogP contribution >= 0.6 is 0 Å². The number of carbonyl (C=O) groups is 1. The summed E-state index contributed by atoms with van der Waals surface area (Å²) < 4.78 is 12.9. The monoisotopic (exact) mass is 252 g/mol. The Kier molecular flexibility index (Phi) is 6.33. The standard InChI is InChI=1S/C14H21FN2O/c1-3-4-5-6-8-11(2)16-14(18)12-9-7-10-13(15)17-12/h7,9-11H,3-6,8H2,1-2H3,(H,16,18). The molecule has 0 bridgehead atoms. The van der Waals surface area contributed by atoms with Gasteiger partial charge in [-0.2, -0.15) is 4.39 Å². The molecular formula is C14H21FN2O. The van der Waals surface area contributed by atoms with E-state index < -0.39 is 5.95 Å². The first-order valence-corrected chi connectivity index (χ1v) is 6.57. The molecule has 3 nitrogen and oxygen atoms in total. The number of nitrogens with one attached hydrogen (secondary N) is 1. The van der Waals surface area contributed by atoms with Crippen LogP contribution in [-0.4, -0.2) is 16.9 Å².